The number of amides is 1. The number of hydrogen-bond acceptors (Lipinski definition) is 2. The molecule has 1 saturated heterocycles. The number of halogens is 3. The Kier molecular flexibility index (Phi) is 7.28. The second-order valence-electron chi connectivity index (χ2n) is 5.43. The maximum Gasteiger partial charge on any atom is 0.227 e. The number of hydrogen-bond donors (Lipinski definition) is 1. The molecule has 1 aromatic rings. The number of nitrogens with zero attached hydrogens (tertiary/aromatic N) is 1. The average molecular weight is 352 g/mol. The van der Waals surface area contributed by atoms with E-state index in [9.17, 15) is 4.79 Å². The Morgan fingerprint density at radius 1 is 1.38 bits per heavy atom. The molecule has 0 radical (unpaired) electrons. The monoisotopic (exact) mass is 350 g/mol. The molecule has 118 valence electrons. The van der Waals surface area contributed by atoms with Crippen LogP contribution < -0.4 is 5.73 Å². The molecule has 1 heterocycles. The molecule has 2 atom stereocenters. The summed E-state index contributed by atoms with van der Waals surface area (Å²) >= 11 is 11.9. The molecular weight excluding hydrogens is 331 g/mol. The van der Waals surface area contributed by atoms with Gasteiger partial charge in [0.15, 0.2) is 0 Å². The van der Waals surface area contributed by atoms with Crippen LogP contribution in [0.4, 0.5) is 0 Å². The van der Waals surface area contributed by atoms with Gasteiger partial charge in [0.05, 0.1) is 16.5 Å². The second kappa shape index (κ2) is 8.23. The van der Waals surface area contributed by atoms with Crippen LogP contribution in [0.25, 0.3) is 0 Å². The fourth-order valence-corrected chi connectivity index (χ4v) is 3.06. The van der Waals surface area contributed by atoms with Crippen molar-refractivity contribution in [3.63, 3.8) is 0 Å². The third-order valence-corrected chi connectivity index (χ3v) is 4.55. The summed E-state index contributed by atoms with van der Waals surface area (Å²) < 4.78 is 0. The van der Waals surface area contributed by atoms with Crippen LogP contribution in [0.15, 0.2) is 18.2 Å². The molecule has 0 aliphatic carbocycles. The minimum absolute atomic E-state index is 0. The van der Waals surface area contributed by atoms with Crippen LogP contribution in [0.5, 0.6) is 0 Å². The molecule has 0 saturated carbocycles. The summed E-state index contributed by atoms with van der Waals surface area (Å²) in [5.41, 5.74) is 6.89. The highest BCUT2D eigenvalue weighted by molar-refractivity contribution is 6.42. The topological polar surface area (TPSA) is 46.3 Å². The Bertz CT molecular complexity index is 494. The van der Waals surface area contributed by atoms with Gasteiger partial charge < -0.3 is 10.6 Å². The number of rotatable bonds is 3. The van der Waals surface area contributed by atoms with Crippen molar-refractivity contribution in [1.82, 2.24) is 4.90 Å². The van der Waals surface area contributed by atoms with Crippen molar-refractivity contribution in [3.8, 4) is 0 Å². The summed E-state index contributed by atoms with van der Waals surface area (Å²) in [6.45, 7) is 2.77. The van der Waals surface area contributed by atoms with Crippen LogP contribution in [-0.4, -0.2) is 29.4 Å². The fraction of sp³-hybridized carbons (Fsp3) is 0.533. The SMILES string of the molecule is CC(N)C1CCCCN1C(=O)Cc1ccc(Cl)c(Cl)c1.Cl. The molecule has 0 spiro atoms. The first-order valence-electron chi connectivity index (χ1n) is 6.98. The molecule has 1 aliphatic rings. The van der Waals surface area contributed by atoms with Crippen LogP contribution in [0.2, 0.25) is 10.0 Å². The van der Waals surface area contributed by atoms with Crippen LogP contribution in [0.1, 0.15) is 31.7 Å². The number of benzene rings is 1. The van der Waals surface area contributed by atoms with Crippen molar-refractivity contribution >= 4 is 41.5 Å². The smallest absolute Gasteiger partial charge is 0.227 e. The Hall–Kier alpha value is -0.480. The third-order valence-electron chi connectivity index (χ3n) is 3.82. The van der Waals surface area contributed by atoms with E-state index in [1.807, 2.05) is 17.9 Å². The van der Waals surface area contributed by atoms with Crippen LogP contribution in [-0.2, 0) is 11.2 Å². The molecule has 1 fully saturated rings. The van der Waals surface area contributed by atoms with E-state index in [1.165, 1.54) is 0 Å². The summed E-state index contributed by atoms with van der Waals surface area (Å²) in [5.74, 6) is 0.116. The minimum Gasteiger partial charge on any atom is -0.338 e. The van der Waals surface area contributed by atoms with Crippen LogP contribution in [0, 0.1) is 0 Å². The van der Waals surface area contributed by atoms with E-state index in [-0.39, 0.29) is 30.4 Å². The number of carbonyl (C=O) groups excluding carboxylic acids is 1. The molecule has 2 unspecified atom stereocenters. The van der Waals surface area contributed by atoms with E-state index in [1.54, 1.807) is 12.1 Å². The predicted octanol–water partition coefficient (Wildman–Crippen LogP) is 3.69. The van der Waals surface area contributed by atoms with E-state index in [0.29, 0.717) is 16.5 Å². The van der Waals surface area contributed by atoms with Crippen molar-refractivity contribution in [2.75, 3.05) is 6.54 Å². The summed E-state index contributed by atoms with van der Waals surface area (Å²) in [6.07, 6.45) is 3.53. The second-order valence-corrected chi connectivity index (χ2v) is 6.25. The number of carbonyl (C=O) groups is 1. The lowest BCUT2D eigenvalue weighted by Crippen LogP contribution is -2.52. The van der Waals surface area contributed by atoms with Gasteiger partial charge in [-0.3, -0.25) is 4.79 Å². The Morgan fingerprint density at radius 3 is 2.71 bits per heavy atom. The highest BCUT2D eigenvalue weighted by atomic mass is 35.5. The van der Waals surface area contributed by atoms with Gasteiger partial charge in [0, 0.05) is 18.6 Å². The highest BCUT2D eigenvalue weighted by Crippen LogP contribution is 2.24. The average Bonchev–Trinajstić information content (AvgIpc) is 2.43. The maximum atomic E-state index is 12.5. The normalized spacial score (nSPS) is 19.8. The van der Waals surface area contributed by atoms with Crippen molar-refractivity contribution in [2.24, 2.45) is 5.73 Å². The lowest BCUT2D eigenvalue weighted by atomic mass is 9.96. The molecule has 6 heteroatoms. The summed E-state index contributed by atoms with van der Waals surface area (Å²) in [7, 11) is 0. The van der Waals surface area contributed by atoms with Gasteiger partial charge in [-0.15, -0.1) is 12.4 Å². The van der Waals surface area contributed by atoms with Gasteiger partial charge in [0.1, 0.15) is 0 Å². The third kappa shape index (κ3) is 4.75. The van der Waals surface area contributed by atoms with Gasteiger partial charge in [-0.25, -0.2) is 0 Å². The molecule has 0 bridgehead atoms. The molecule has 2 rings (SSSR count). The molecule has 21 heavy (non-hydrogen) atoms. The first kappa shape index (κ1) is 18.6. The number of nitrogens with two attached hydrogens (primary N) is 1. The fourth-order valence-electron chi connectivity index (χ4n) is 2.74. The molecule has 3 nitrogen and oxygen atoms in total. The van der Waals surface area contributed by atoms with E-state index >= 15 is 0 Å². The zero-order valence-corrected chi connectivity index (χ0v) is 14.3. The maximum absolute atomic E-state index is 12.5. The Labute approximate surface area is 142 Å². The van der Waals surface area contributed by atoms with E-state index < -0.39 is 0 Å². The van der Waals surface area contributed by atoms with E-state index in [0.717, 1.165) is 31.4 Å². The zero-order valence-electron chi connectivity index (χ0n) is 12.0. The highest BCUT2D eigenvalue weighted by Gasteiger charge is 2.28. The van der Waals surface area contributed by atoms with Gasteiger partial charge in [-0.05, 0) is 43.9 Å². The largest absolute Gasteiger partial charge is 0.338 e. The van der Waals surface area contributed by atoms with Gasteiger partial charge in [-0.1, -0.05) is 29.3 Å². The van der Waals surface area contributed by atoms with Gasteiger partial charge in [-0.2, -0.15) is 0 Å². The molecule has 1 aliphatic heterocycles. The van der Waals surface area contributed by atoms with Crippen molar-refractivity contribution in [1.29, 1.82) is 0 Å². The van der Waals surface area contributed by atoms with Crippen LogP contribution in [0.3, 0.4) is 0 Å². The predicted molar refractivity (Wildman–Crippen MR) is 90.4 cm³/mol. The first-order valence-corrected chi connectivity index (χ1v) is 7.73. The van der Waals surface area contributed by atoms with Crippen molar-refractivity contribution < 1.29 is 4.79 Å². The molecular formula is C15H21Cl3N2O. The lowest BCUT2D eigenvalue weighted by molar-refractivity contribution is -0.134. The van der Waals surface area contributed by atoms with E-state index in [4.69, 9.17) is 28.9 Å². The van der Waals surface area contributed by atoms with Crippen molar-refractivity contribution in [2.45, 2.75) is 44.7 Å². The van der Waals surface area contributed by atoms with Crippen molar-refractivity contribution in [3.05, 3.63) is 33.8 Å². The summed E-state index contributed by atoms with van der Waals surface area (Å²) in [5, 5.41) is 0.994. The molecule has 1 aromatic carbocycles. The minimum atomic E-state index is 0. The number of piperidine rings is 1. The van der Waals surface area contributed by atoms with Gasteiger partial charge in [0.2, 0.25) is 5.91 Å². The molecule has 1 amide bonds. The standard InChI is InChI=1S/C15H20Cl2N2O.ClH/c1-10(18)14-4-2-3-7-19(14)15(20)9-11-5-6-12(16)13(17)8-11;/h5-6,8,10,14H,2-4,7,9,18H2,1H3;1H. The summed E-state index contributed by atoms with van der Waals surface area (Å²) in [6, 6.07) is 5.49. The van der Waals surface area contributed by atoms with Gasteiger partial charge >= 0.3 is 0 Å². The molecule has 2 N–H and O–H groups in total. The Balaban J connectivity index is 0.00000220. The lowest BCUT2D eigenvalue weighted by Gasteiger charge is -2.38. The van der Waals surface area contributed by atoms with E-state index in [2.05, 4.69) is 0 Å². The Morgan fingerprint density at radius 2 is 2.10 bits per heavy atom. The first-order chi connectivity index (χ1) is 9.49. The van der Waals surface area contributed by atoms with Gasteiger partial charge in [0.25, 0.3) is 0 Å². The quantitative estimate of drug-likeness (QED) is 0.903. The van der Waals surface area contributed by atoms with Crippen LogP contribution >= 0.6 is 35.6 Å². The zero-order chi connectivity index (χ0) is 14.7. The number of likely N-dealkylation sites (tertiary alicyclic amines) is 1. The summed E-state index contributed by atoms with van der Waals surface area (Å²) in [4.78, 5) is 14.4. The molecule has 0 aromatic heterocycles.